The van der Waals surface area contributed by atoms with Gasteiger partial charge in [-0.15, -0.1) is 0 Å². The molecule has 0 saturated carbocycles. The van der Waals surface area contributed by atoms with Gasteiger partial charge in [0.15, 0.2) is 0 Å². The van der Waals surface area contributed by atoms with Crippen LogP contribution in [0.25, 0.3) is 0 Å². The Bertz CT molecular complexity index is 25.8. The van der Waals surface area contributed by atoms with Crippen molar-refractivity contribution in [1.82, 2.24) is 0 Å². The Morgan fingerprint density at radius 1 is 0.235 bits per heavy atom. The van der Waals surface area contributed by atoms with Gasteiger partial charge in [-0.3, -0.25) is 0 Å². The van der Waals surface area contributed by atoms with Gasteiger partial charge >= 0.3 is 43.6 Å². The first-order valence-corrected chi connectivity index (χ1v) is 0. The van der Waals surface area contributed by atoms with Gasteiger partial charge in [0.05, 0.1) is 0 Å². The van der Waals surface area contributed by atoms with Gasteiger partial charge in [0.2, 0.25) is 0 Å². The molecule has 17 heteroatoms. The maximum absolute atomic E-state index is 0. The molecule has 0 spiro atoms. The molecular formula is H16AlCl7O8Zr. The van der Waals surface area contributed by atoms with Crippen LogP contribution in [0.5, 0.6) is 0 Å². The van der Waals surface area contributed by atoms with Crippen molar-refractivity contribution in [3.63, 3.8) is 0 Å². The van der Waals surface area contributed by atoms with Crippen molar-refractivity contribution < 1.29 is 157 Å². The first-order chi connectivity index (χ1) is 0. The third-order valence-corrected chi connectivity index (χ3v) is 0. The minimum absolute atomic E-state index is 0. The van der Waals surface area contributed by atoms with Crippen LogP contribution < -0.4 is 86.8 Å². The van der Waals surface area contributed by atoms with Gasteiger partial charge in [0, 0.05) is 0 Å². The Labute approximate surface area is 172 Å². The van der Waals surface area contributed by atoms with Gasteiger partial charge in [0.1, 0.15) is 0 Å². The molecule has 17 heavy (non-hydrogen) atoms. The third kappa shape index (κ3) is 574. The first-order valence-electron chi connectivity index (χ1n) is 0. The zero-order valence-electron chi connectivity index (χ0n) is 7.72. The molecule has 0 aliphatic rings. The Morgan fingerprint density at radius 2 is 0.235 bits per heavy atom. The smallest absolute Gasteiger partial charge is 1.00 e. The maximum atomic E-state index is 0. The topological polar surface area (TPSA) is 252 Å². The molecule has 0 unspecified atom stereocenters. The van der Waals surface area contributed by atoms with Gasteiger partial charge < -0.3 is 131 Å². The molecule has 0 aromatic carbocycles. The Morgan fingerprint density at radius 3 is 0.235 bits per heavy atom. The van der Waals surface area contributed by atoms with E-state index in [2.05, 4.69) is 0 Å². The Balaban J connectivity index is 0. The van der Waals surface area contributed by atoms with Crippen LogP contribution in [0.1, 0.15) is 0 Å². The monoisotopic (exact) mass is 506 g/mol. The number of rotatable bonds is 0. The molecule has 0 bridgehead atoms. The SMILES string of the molecule is O.O.O.O.O.O.O.O.[Al+3].[Cl-].[Cl-].[Cl-].[Cl-].[Cl-].[Cl-].[Cl-].[Zr+4]. The van der Waals surface area contributed by atoms with E-state index in [1.807, 2.05) is 0 Å². The van der Waals surface area contributed by atoms with Crippen LogP contribution in [-0.2, 0) is 26.2 Å². The van der Waals surface area contributed by atoms with Crippen LogP contribution in [0.15, 0.2) is 0 Å². The maximum Gasteiger partial charge on any atom is 4.00 e. The van der Waals surface area contributed by atoms with Crippen LogP contribution >= 0.6 is 0 Å². The summed E-state index contributed by atoms with van der Waals surface area (Å²) in [4.78, 5) is 0. The van der Waals surface area contributed by atoms with E-state index in [0.717, 1.165) is 0 Å². The summed E-state index contributed by atoms with van der Waals surface area (Å²) >= 11 is 0. The second-order valence-electron chi connectivity index (χ2n) is 0. The zero-order chi connectivity index (χ0) is 0. The molecule has 0 radical (unpaired) electrons. The normalized spacial score (nSPS) is 0. The van der Waals surface area contributed by atoms with Gasteiger partial charge in [-0.2, -0.15) is 0 Å². The summed E-state index contributed by atoms with van der Waals surface area (Å²) in [5, 5.41) is 0. The van der Waals surface area contributed by atoms with E-state index in [1.165, 1.54) is 0 Å². The largest absolute Gasteiger partial charge is 4.00 e. The summed E-state index contributed by atoms with van der Waals surface area (Å²) in [6.45, 7) is 0. The molecule has 0 aromatic rings. The molecule has 0 saturated heterocycles. The number of halogens is 7. The average molecular weight is 510 g/mol. The summed E-state index contributed by atoms with van der Waals surface area (Å²) in [6.07, 6.45) is 0. The van der Waals surface area contributed by atoms with Gasteiger partial charge in [-0.05, 0) is 0 Å². The summed E-state index contributed by atoms with van der Waals surface area (Å²) in [6, 6.07) is 0. The van der Waals surface area contributed by atoms with Crippen molar-refractivity contribution in [1.29, 1.82) is 0 Å². The summed E-state index contributed by atoms with van der Waals surface area (Å²) in [5.74, 6) is 0. The molecule has 0 fully saturated rings. The number of hydrogen-bond donors (Lipinski definition) is 0. The van der Waals surface area contributed by atoms with Gasteiger partial charge in [0.25, 0.3) is 0 Å². The first kappa shape index (κ1) is 754. The Kier molecular flexibility index (Phi) is 28500. The fourth-order valence-electron chi connectivity index (χ4n) is 0. The molecule has 0 amide bonds. The molecule has 16 N–H and O–H groups in total. The van der Waals surface area contributed by atoms with Crippen molar-refractivity contribution in [3.05, 3.63) is 0 Å². The van der Waals surface area contributed by atoms with Crippen molar-refractivity contribution in [3.8, 4) is 0 Å². The minimum Gasteiger partial charge on any atom is -1.00 e. The van der Waals surface area contributed by atoms with E-state index >= 15 is 0 Å². The summed E-state index contributed by atoms with van der Waals surface area (Å²) < 4.78 is 0. The molecule has 0 aliphatic carbocycles. The quantitative estimate of drug-likeness (QED) is 0.275. The molecule has 0 atom stereocenters. The van der Waals surface area contributed by atoms with Crippen LogP contribution in [0.3, 0.4) is 0 Å². The van der Waals surface area contributed by atoms with Crippen LogP contribution in [-0.4, -0.2) is 61.2 Å². The molecule has 8 nitrogen and oxygen atoms in total. The summed E-state index contributed by atoms with van der Waals surface area (Å²) in [5.41, 5.74) is 0. The Hall–Kier alpha value is 3.13. The predicted octanol–water partition coefficient (Wildman–Crippen LogP) is -28.0. The number of hydrogen-bond acceptors (Lipinski definition) is 0. The molecule has 120 valence electrons. The minimum atomic E-state index is 0. The molecule has 0 rings (SSSR count). The fraction of sp³-hybridized carbons (Fsp3) is 0. The standard InChI is InChI=1S/Al.7ClH.8H2O.Zr/h;7*1H;8*1H2;/q+3;;;;;;;;;;;;;;;;+4/p-7. The van der Waals surface area contributed by atoms with Crippen molar-refractivity contribution in [2.45, 2.75) is 0 Å². The molecule has 0 aromatic heterocycles. The average Bonchev–Trinajstić information content (AvgIpc) is 0. The van der Waals surface area contributed by atoms with Gasteiger partial charge in [-0.25, -0.2) is 0 Å². The van der Waals surface area contributed by atoms with Crippen molar-refractivity contribution in [2.75, 3.05) is 0 Å². The van der Waals surface area contributed by atoms with Crippen molar-refractivity contribution >= 4 is 17.4 Å². The second-order valence-corrected chi connectivity index (χ2v) is 0. The van der Waals surface area contributed by atoms with Crippen LogP contribution in [0, 0.1) is 0 Å². The van der Waals surface area contributed by atoms with E-state index in [9.17, 15) is 0 Å². The second kappa shape index (κ2) is 643. The van der Waals surface area contributed by atoms with Gasteiger partial charge in [-0.1, -0.05) is 0 Å². The summed E-state index contributed by atoms with van der Waals surface area (Å²) in [7, 11) is 0. The van der Waals surface area contributed by atoms with E-state index < -0.39 is 0 Å². The zero-order valence-corrected chi connectivity index (χ0v) is 16.6. The molecular weight excluding hydrogens is 494 g/mol. The van der Waals surface area contributed by atoms with Crippen LogP contribution in [0.4, 0.5) is 0 Å². The van der Waals surface area contributed by atoms with E-state index in [1.54, 1.807) is 0 Å². The van der Waals surface area contributed by atoms with Crippen LogP contribution in [0.2, 0.25) is 0 Å². The predicted molar refractivity (Wildman–Crippen MR) is 34.7 cm³/mol. The molecule has 0 aliphatic heterocycles. The van der Waals surface area contributed by atoms with E-state index in [0.29, 0.717) is 0 Å². The van der Waals surface area contributed by atoms with Crippen molar-refractivity contribution in [2.24, 2.45) is 0 Å². The molecule has 0 heterocycles. The fourth-order valence-corrected chi connectivity index (χ4v) is 0. The van der Waals surface area contributed by atoms with E-state index in [-0.39, 0.29) is 174 Å². The van der Waals surface area contributed by atoms with E-state index in [4.69, 9.17) is 0 Å². The third-order valence-electron chi connectivity index (χ3n) is 0.